The number of rotatable bonds is 3. The molecule has 1 saturated heterocycles. The van der Waals surface area contributed by atoms with Crippen molar-refractivity contribution in [2.75, 3.05) is 24.7 Å². The van der Waals surface area contributed by atoms with Crippen molar-refractivity contribution in [2.45, 2.75) is 31.8 Å². The van der Waals surface area contributed by atoms with E-state index in [1.165, 1.54) is 0 Å². The lowest BCUT2D eigenvalue weighted by atomic mass is 10.1. The maximum atomic E-state index is 13.2. The fourth-order valence-electron chi connectivity index (χ4n) is 3.49. The monoisotopic (exact) mass is 372 g/mol. The summed E-state index contributed by atoms with van der Waals surface area (Å²) < 4.78 is 11.2. The zero-order chi connectivity index (χ0) is 17.9. The van der Waals surface area contributed by atoms with Gasteiger partial charge < -0.3 is 14.4 Å². The van der Waals surface area contributed by atoms with E-state index in [4.69, 9.17) is 21.1 Å². The third kappa shape index (κ3) is 3.55. The van der Waals surface area contributed by atoms with Gasteiger partial charge in [-0.1, -0.05) is 17.7 Å². The Kier molecular flexibility index (Phi) is 5.09. The minimum atomic E-state index is -0.0506. The van der Waals surface area contributed by atoms with Gasteiger partial charge in [-0.2, -0.15) is 0 Å². The van der Waals surface area contributed by atoms with Crippen molar-refractivity contribution in [2.24, 2.45) is 0 Å². The summed E-state index contributed by atoms with van der Waals surface area (Å²) in [7, 11) is 0. The summed E-state index contributed by atoms with van der Waals surface area (Å²) in [6.45, 7) is 1.95. The number of hydrogen-bond donors (Lipinski definition) is 0. The smallest absolute Gasteiger partial charge is 0.258 e. The Hall–Kier alpha value is -2.11. The van der Waals surface area contributed by atoms with Crippen LogP contribution in [0.5, 0.6) is 5.88 Å². The Balaban J connectivity index is 1.60. The molecular formula is C20H21ClN2O3. The molecule has 1 atom stereocenters. The first-order chi connectivity index (χ1) is 12.7. The van der Waals surface area contributed by atoms with E-state index in [-0.39, 0.29) is 12.0 Å². The van der Waals surface area contributed by atoms with Crippen LogP contribution in [0.3, 0.4) is 0 Å². The quantitative estimate of drug-likeness (QED) is 0.820. The first-order valence-electron chi connectivity index (χ1n) is 9.02. The van der Waals surface area contributed by atoms with Gasteiger partial charge in [0.15, 0.2) is 0 Å². The number of carbonyl (C=O) groups excluding carboxylic acids is 1. The summed E-state index contributed by atoms with van der Waals surface area (Å²) in [5, 5.41) is 0.724. The largest absolute Gasteiger partial charge is 0.472 e. The number of amides is 1. The molecule has 0 saturated carbocycles. The van der Waals surface area contributed by atoms with Gasteiger partial charge in [0, 0.05) is 41.5 Å². The van der Waals surface area contributed by atoms with Crippen molar-refractivity contribution >= 4 is 23.2 Å². The van der Waals surface area contributed by atoms with Gasteiger partial charge in [0.2, 0.25) is 5.88 Å². The average Bonchev–Trinajstić information content (AvgIpc) is 3.06. The molecule has 0 aliphatic carbocycles. The summed E-state index contributed by atoms with van der Waals surface area (Å²) in [5.41, 5.74) is 2.53. The Morgan fingerprint density at radius 3 is 3.08 bits per heavy atom. The van der Waals surface area contributed by atoms with E-state index in [1.807, 2.05) is 23.1 Å². The van der Waals surface area contributed by atoms with E-state index in [9.17, 15) is 4.79 Å². The highest BCUT2D eigenvalue weighted by molar-refractivity contribution is 6.32. The summed E-state index contributed by atoms with van der Waals surface area (Å²) in [6, 6.07) is 9.20. The number of carbonyl (C=O) groups is 1. The van der Waals surface area contributed by atoms with E-state index in [2.05, 4.69) is 4.98 Å². The molecule has 1 unspecified atom stereocenters. The van der Waals surface area contributed by atoms with E-state index in [0.29, 0.717) is 31.2 Å². The van der Waals surface area contributed by atoms with Crippen LogP contribution in [0.1, 0.15) is 35.2 Å². The van der Waals surface area contributed by atoms with E-state index in [0.717, 1.165) is 42.0 Å². The lowest BCUT2D eigenvalue weighted by Gasteiger charge is -2.23. The first kappa shape index (κ1) is 17.3. The molecule has 0 spiro atoms. The molecule has 5 nitrogen and oxygen atoms in total. The van der Waals surface area contributed by atoms with Gasteiger partial charge in [0.25, 0.3) is 5.91 Å². The van der Waals surface area contributed by atoms with Crippen molar-refractivity contribution < 1.29 is 14.3 Å². The molecule has 136 valence electrons. The van der Waals surface area contributed by atoms with Crippen LogP contribution in [-0.2, 0) is 11.2 Å². The topological polar surface area (TPSA) is 51.7 Å². The van der Waals surface area contributed by atoms with Gasteiger partial charge in [-0.15, -0.1) is 0 Å². The molecule has 26 heavy (non-hydrogen) atoms. The second-order valence-corrected chi connectivity index (χ2v) is 7.04. The molecule has 4 rings (SSSR count). The van der Waals surface area contributed by atoms with Gasteiger partial charge >= 0.3 is 0 Å². The van der Waals surface area contributed by atoms with Crippen molar-refractivity contribution in [3.63, 3.8) is 0 Å². The van der Waals surface area contributed by atoms with Crippen molar-refractivity contribution in [3.05, 3.63) is 52.7 Å². The molecule has 1 amide bonds. The minimum absolute atomic E-state index is 0.00516. The Bertz CT molecular complexity index is 805. The number of pyridine rings is 1. The molecule has 0 N–H and O–H groups in total. The molecule has 2 aliphatic heterocycles. The fourth-order valence-corrected chi connectivity index (χ4v) is 3.75. The molecule has 1 aromatic heterocycles. The van der Waals surface area contributed by atoms with Gasteiger partial charge in [-0.25, -0.2) is 4.98 Å². The average molecular weight is 373 g/mol. The number of anilines is 1. The molecule has 0 radical (unpaired) electrons. The highest BCUT2D eigenvalue weighted by atomic mass is 35.5. The van der Waals surface area contributed by atoms with Crippen molar-refractivity contribution in [3.8, 4) is 5.88 Å². The standard InChI is InChI=1S/C20H21ClN2O3/c21-17-5-3-6-18-16(17)4-1-2-10-23(18)20(24)14-7-9-22-19(12-14)26-15-8-11-25-13-15/h3,5-7,9,12,15H,1-2,4,8,10-11,13H2. The number of halogens is 1. The minimum Gasteiger partial charge on any atom is -0.472 e. The number of nitrogens with zero attached hydrogens (tertiary/aromatic N) is 2. The maximum Gasteiger partial charge on any atom is 0.258 e. The zero-order valence-corrected chi connectivity index (χ0v) is 15.2. The van der Waals surface area contributed by atoms with Crippen LogP contribution in [0.2, 0.25) is 5.02 Å². The number of benzene rings is 1. The summed E-state index contributed by atoms with van der Waals surface area (Å²) in [4.78, 5) is 19.3. The van der Waals surface area contributed by atoms with Crippen LogP contribution < -0.4 is 9.64 Å². The molecular weight excluding hydrogens is 352 g/mol. The number of aromatic nitrogens is 1. The Morgan fingerprint density at radius 2 is 2.23 bits per heavy atom. The highest BCUT2D eigenvalue weighted by Crippen LogP contribution is 2.33. The van der Waals surface area contributed by atoms with Crippen molar-refractivity contribution in [1.82, 2.24) is 4.98 Å². The number of hydrogen-bond acceptors (Lipinski definition) is 4. The molecule has 3 heterocycles. The molecule has 2 aliphatic rings. The van der Waals surface area contributed by atoms with Gasteiger partial charge in [-0.05, 0) is 43.0 Å². The van der Waals surface area contributed by atoms with Crippen LogP contribution in [0.4, 0.5) is 5.69 Å². The van der Waals surface area contributed by atoms with E-state index in [1.54, 1.807) is 18.3 Å². The second kappa shape index (κ2) is 7.64. The summed E-state index contributed by atoms with van der Waals surface area (Å²) in [6.07, 6.45) is 5.33. The normalized spacial score (nSPS) is 19.7. The SMILES string of the molecule is O=C(c1ccnc(OC2CCOC2)c1)N1CCCCc2c(Cl)cccc21. The zero-order valence-electron chi connectivity index (χ0n) is 14.5. The predicted molar refractivity (Wildman–Crippen MR) is 100 cm³/mol. The molecule has 0 bridgehead atoms. The van der Waals surface area contributed by atoms with Gasteiger partial charge in [-0.3, -0.25) is 4.79 Å². The highest BCUT2D eigenvalue weighted by Gasteiger charge is 2.24. The molecule has 1 aromatic carbocycles. The van der Waals surface area contributed by atoms with Crippen LogP contribution in [0.25, 0.3) is 0 Å². The maximum absolute atomic E-state index is 13.2. The summed E-state index contributed by atoms with van der Waals surface area (Å²) in [5.74, 6) is 0.415. The summed E-state index contributed by atoms with van der Waals surface area (Å²) >= 11 is 6.37. The van der Waals surface area contributed by atoms with Crippen LogP contribution >= 0.6 is 11.6 Å². The fraction of sp³-hybridized carbons (Fsp3) is 0.400. The Labute approximate surface area is 157 Å². The molecule has 2 aromatic rings. The van der Waals surface area contributed by atoms with Crippen molar-refractivity contribution in [1.29, 1.82) is 0 Å². The first-order valence-corrected chi connectivity index (χ1v) is 9.40. The molecule has 6 heteroatoms. The predicted octanol–water partition coefficient (Wildman–Crippen LogP) is 3.89. The van der Waals surface area contributed by atoms with Crippen LogP contribution in [-0.4, -0.2) is 36.8 Å². The molecule has 1 fully saturated rings. The van der Waals surface area contributed by atoms with Gasteiger partial charge in [0.1, 0.15) is 6.10 Å². The lowest BCUT2D eigenvalue weighted by molar-refractivity contribution is 0.0985. The van der Waals surface area contributed by atoms with E-state index < -0.39 is 0 Å². The Morgan fingerprint density at radius 1 is 1.31 bits per heavy atom. The van der Waals surface area contributed by atoms with E-state index >= 15 is 0 Å². The number of ether oxygens (including phenoxy) is 2. The van der Waals surface area contributed by atoms with Gasteiger partial charge in [0.05, 0.1) is 13.2 Å². The van der Waals surface area contributed by atoms with Crippen LogP contribution in [0, 0.1) is 0 Å². The number of fused-ring (bicyclic) bond motifs is 1. The second-order valence-electron chi connectivity index (χ2n) is 6.64. The third-order valence-electron chi connectivity index (χ3n) is 4.85. The third-order valence-corrected chi connectivity index (χ3v) is 5.20. The van der Waals surface area contributed by atoms with Crippen LogP contribution in [0.15, 0.2) is 36.5 Å². The lowest BCUT2D eigenvalue weighted by Crippen LogP contribution is -2.32.